The molecule has 1 aliphatic heterocycles. The first-order chi connectivity index (χ1) is 11.7. The van der Waals surface area contributed by atoms with Crippen molar-refractivity contribution in [1.29, 1.82) is 0 Å². The number of aliphatic hydroxyl groups is 1. The van der Waals surface area contributed by atoms with Crippen LogP contribution in [0.5, 0.6) is 5.88 Å². The Kier molecular flexibility index (Phi) is 5.12. The molecule has 0 saturated carbocycles. The lowest BCUT2D eigenvalue weighted by Crippen LogP contribution is -2.49. The fourth-order valence-electron chi connectivity index (χ4n) is 2.85. The van der Waals surface area contributed by atoms with Crippen molar-refractivity contribution < 1.29 is 14.6 Å². The summed E-state index contributed by atoms with van der Waals surface area (Å²) in [6.45, 7) is 3.61. The van der Waals surface area contributed by atoms with Gasteiger partial charge in [-0.25, -0.2) is 4.68 Å². The van der Waals surface area contributed by atoms with E-state index in [1.807, 2.05) is 30.3 Å². The van der Waals surface area contributed by atoms with Gasteiger partial charge in [-0.15, -0.1) is 0 Å². The second kappa shape index (κ2) is 7.46. The van der Waals surface area contributed by atoms with E-state index in [2.05, 4.69) is 10.00 Å². The number of piperazine rings is 1. The second-order valence-electron chi connectivity index (χ2n) is 5.68. The highest BCUT2D eigenvalue weighted by Crippen LogP contribution is 2.20. The van der Waals surface area contributed by atoms with Gasteiger partial charge < -0.3 is 14.7 Å². The van der Waals surface area contributed by atoms with E-state index in [4.69, 9.17) is 9.84 Å². The molecule has 0 unspecified atom stereocenters. The first-order valence-electron chi connectivity index (χ1n) is 8.05. The van der Waals surface area contributed by atoms with Gasteiger partial charge in [0.1, 0.15) is 0 Å². The molecule has 1 N–H and O–H groups in total. The third-order valence-corrected chi connectivity index (χ3v) is 4.18. The molecule has 0 atom stereocenters. The first-order valence-corrected chi connectivity index (χ1v) is 8.05. The van der Waals surface area contributed by atoms with Gasteiger partial charge in [0.25, 0.3) is 5.91 Å². The number of aromatic nitrogens is 2. The number of hydrogen-bond donors (Lipinski definition) is 1. The summed E-state index contributed by atoms with van der Waals surface area (Å²) in [5.74, 6) is 0.440. The number of carbonyl (C=O) groups is 1. The number of methoxy groups -OCH3 is 1. The van der Waals surface area contributed by atoms with Crippen LogP contribution < -0.4 is 4.74 Å². The van der Waals surface area contributed by atoms with E-state index < -0.39 is 0 Å². The van der Waals surface area contributed by atoms with Crippen LogP contribution >= 0.6 is 0 Å². The highest BCUT2D eigenvalue weighted by molar-refractivity contribution is 5.92. The van der Waals surface area contributed by atoms with Crippen molar-refractivity contribution in [3.05, 3.63) is 42.1 Å². The SMILES string of the molecule is COc1cc(C(=O)N2CCN(CCO)CC2)nn1-c1ccccc1. The smallest absolute Gasteiger partial charge is 0.274 e. The second-order valence-corrected chi connectivity index (χ2v) is 5.68. The van der Waals surface area contributed by atoms with Crippen molar-refractivity contribution in [2.75, 3.05) is 46.4 Å². The summed E-state index contributed by atoms with van der Waals surface area (Å²) >= 11 is 0. The summed E-state index contributed by atoms with van der Waals surface area (Å²) in [6.07, 6.45) is 0. The fraction of sp³-hybridized carbons (Fsp3) is 0.412. The molecule has 7 nitrogen and oxygen atoms in total. The van der Waals surface area contributed by atoms with E-state index in [1.54, 1.807) is 22.8 Å². The molecule has 0 spiro atoms. The maximum Gasteiger partial charge on any atom is 0.274 e. The Balaban J connectivity index is 1.75. The van der Waals surface area contributed by atoms with E-state index in [9.17, 15) is 4.79 Å². The quantitative estimate of drug-likeness (QED) is 0.871. The van der Waals surface area contributed by atoms with Crippen LogP contribution in [0.2, 0.25) is 0 Å². The van der Waals surface area contributed by atoms with Crippen LogP contribution in [0.3, 0.4) is 0 Å². The van der Waals surface area contributed by atoms with Crippen molar-refractivity contribution in [3.63, 3.8) is 0 Å². The molecule has 0 bridgehead atoms. The van der Waals surface area contributed by atoms with Crippen molar-refractivity contribution in [3.8, 4) is 11.6 Å². The summed E-state index contributed by atoms with van der Waals surface area (Å²) < 4.78 is 6.99. The number of β-amino-alcohol motifs (C(OH)–C–C–N with tert-alkyl or cyclic N) is 1. The van der Waals surface area contributed by atoms with E-state index in [0.29, 0.717) is 31.2 Å². The minimum Gasteiger partial charge on any atom is -0.481 e. The normalized spacial score (nSPS) is 15.5. The minimum atomic E-state index is -0.0911. The number of hydrogen-bond acceptors (Lipinski definition) is 5. The molecule has 0 radical (unpaired) electrons. The average molecular weight is 330 g/mol. The van der Waals surface area contributed by atoms with Crippen LogP contribution in [0, 0.1) is 0 Å². The number of nitrogens with zero attached hydrogens (tertiary/aromatic N) is 4. The summed E-state index contributed by atoms with van der Waals surface area (Å²) in [4.78, 5) is 16.6. The van der Waals surface area contributed by atoms with E-state index in [-0.39, 0.29) is 12.5 Å². The van der Waals surface area contributed by atoms with Gasteiger partial charge in [0.15, 0.2) is 5.69 Å². The van der Waals surface area contributed by atoms with Gasteiger partial charge in [0.05, 0.1) is 19.4 Å². The van der Waals surface area contributed by atoms with E-state index in [1.165, 1.54) is 0 Å². The van der Waals surface area contributed by atoms with Crippen molar-refractivity contribution in [2.24, 2.45) is 0 Å². The molecule has 1 amide bonds. The molecule has 1 aromatic carbocycles. The molecule has 7 heteroatoms. The third kappa shape index (κ3) is 3.42. The van der Waals surface area contributed by atoms with Crippen LogP contribution in [0.15, 0.2) is 36.4 Å². The largest absolute Gasteiger partial charge is 0.481 e. The van der Waals surface area contributed by atoms with E-state index in [0.717, 1.165) is 18.8 Å². The molecule has 1 saturated heterocycles. The Bertz CT molecular complexity index is 678. The molecule has 1 aliphatic rings. The number of carbonyl (C=O) groups excluding carboxylic acids is 1. The Morgan fingerprint density at radius 3 is 2.54 bits per heavy atom. The van der Waals surface area contributed by atoms with Crippen LogP contribution in [0.1, 0.15) is 10.5 Å². The van der Waals surface area contributed by atoms with Crippen LogP contribution in [0.4, 0.5) is 0 Å². The van der Waals surface area contributed by atoms with Gasteiger partial charge in [-0.3, -0.25) is 9.69 Å². The van der Waals surface area contributed by atoms with Gasteiger partial charge >= 0.3 is 0 Å². The summed E-state index contributed by atoms with van der Waals surface area (Å²) in [7, 11) is 1.57. The first kappa shape index (κ1) is 16.5. The molecule has 0 aliphatic carbocycles. The number of ether oxygens (including phenoxy) is 1. The molecule has 1 fully saturated rings. The standard InChI is InChI=1S/C17H22N4O3/c1-24-16-13-15(18-21(16)14-5-3-2-4-6-14)17(23)20-9-7-19(8-10-20)11-12-22/h2-6,13,22H,7-12H2,1H3. The Morgan fingerprint density at radius 2 is 1.92 bits per heavy atom. The molecule has 2 aromatic rings. The number of rotatable bonds is 5. The minimum absolute atomic E-state index is 0.0911. The molecule has 1 aromatic heterocycles. The molecular formula is C17H22N4O3. The number of benzene rings is 1. The lowest BCUT2D eigenvalue weighted by molar-refractivity contribution is 0.0609. The van der Waals surface area contributed by atoms with Crippen molar-refractivity contribution in [1.82, 2.24) is 19.6 Å². The van der Waals surface area contributed by atoms with Gasteiger partial charge in [-0.2, -0.15) is 5.10 Å². The highest BCUT2D eigenvalue weighted by Gasteiger charge is 2.25. The summed E-state index contributed by atoms with van der Waals surface area (Å²) in [5, 5.41) is 13.4. The zero-order valence-electron chi connectivity index (χ0n) is 13.8. The molecule has 2 heterocycles. The topological polar surface area (TPSA) is 70.8 Å². The van der Waals surface area contributed by atoms with Gasteiger partial charge in [-0.05, 0) is 12.1 Å². The predicted molar refractivity (Wildman–Crippen MR) is 89.5 cm³/mol. The molecule has 24 heavy (non-hydrogen) atoms. The fourth-order valence-corrected chi connectivity index (χ4v) is 2.85. The number of para-hydroxylation sites is 1. The Hall–Kier alpha value is -2.38. The lowest BCUT2D eigenvalue weighted by atomic mass is 10.2. The van der Waals surface area contributed by atoms with Gasteiger partial charge in [-0.1, -0.05) is 18.2 Å². The van der Waals surface area contributed by atoms with Crippen molar-refractivity contribution >= 4 is 5.91 Å². The Labute approximate surface area is 141 Å². The monoisotopic (exact) mass is 330 g/mol. The van der Waals surface area contributed by atoms with Crippen molar-refractivity contribution in [2.45, 2.75) is 0 Å². The van der Waals surface area contributed by atoms with Crippen LogP contribution in [-0.4, -0.2) is 77.0 Å². The summed E-state index contributed by atoms with van der Waals surface area (Å²) in [6, 6.07) is 11.3. The van der Waals surface area contributed by atoms with Crippen LogP contribution in [-0.2, 0) is 0 Å². The zero-order chi connectivity index (χ0) is 16.9. The molecule has 128 valence electrons. The third-order valence-electron chi connectivity index (χ3n) is 4.18. The Morgan fingerprint density at radius 1 is 1.21 bits per heavy atom. The lowest BCUT2D eigenvalue weighted by Gasteiger charge is -2.33. The van der Waals surface area contributed by atoms with Gasteiger partial charge in [0, 0.05) is 38.8 Å². The maximum absolute atomic E-state index is 12.7. The highest BCUT2D eigenvalue weighted by atomic mass is 16.5. The maximum atomic E-state index is 12.7. The predicted octanol–water partition coefficient (Wildman–Crippen LogP) is 0.631. The van der Waals surface area contributed by atoms with E-state index >= 15 is 0 Å². The molecule has 3 rings (SSSR count). The number of aliphatic hydroxyl groups excluding tert-OH is 1. The average Bonchev–Trinajstić information content (AvgIpc) is 3.07. The molecular weight excluding hydrogens is 308 g/mol. The summed E-state index contributed by atoms with van der Waals surface area (Å²) in [5.41, 5.74) is 1.23. The van der Waals surface area contributed by atoms with Gasteiger partial charge in [0.2, 0.25) is 5.88 Å². The zero-order valence-corrected chi connectivity index (χ0v) is 13.8. The number of amides is 1. The van der Waals surface area contributed by atoms with Crippen LogP contribution in [0.25, 0.3) is 5.69 Å².